The minimum Gasteiger partial charge on any atom is -0.318 e. The van der Waals surface area contributed by atoms with E-state index in [-0.39, 0.29) is 5.54 Å². The largest absolute Gasteiger partial charge is 0.318 e. The van der Waals surface area contributed by atoms with E-state index < -0.39 is 0 Å². The van der Waals surface area contributed by atoms with Gasteiger partial charge in [0.2, 0.25) is 4.80 Å². The number of aryl methyl sites for hydroxylation is 1. The summed E-state index contributed by atoms with van der Waals surface area (Å²) in [7, 11) is 2.04. The smallest absolute Gasteiger partial charge is 0.208 e. The van der Waals surface area contributed by atoms with Gasteiger partial charge in [-0.2, -0.15) is 0 Å². The normalized spacial score (nSPS) is 13.4. The molecule has 3 nitrogen and oxygen atoms in total. The Morgan fingerprint density at radius 3 is 2.56 bits per heavy atom. The van der Waals surface area contributed by atoms with Crippen LogP contribution in [-0.4, -0.2) is 10.1 Å². The van der Waals surface area contributed by atoms with E-state index in [0.29, 0.717) is 0 Å². The summed E-state index contributed by atoms with van der Waals surface area (Å²) in [6.45, 7) is 6.30. The molecule has 86 valence electrons. The van der Waals surface area contributed by atoms with Crippen LogP contribution in [0.3, 0.4) is 0 Å². The highest BCUT2D eigenvalue weighted by molar-refractivity contribution is 7.16. The van der Waals surface area contributed by atoms with E-state index in [2.05, 4.69) is 60.1 Å². The molecule has 2 rings (SSSR count). The Morgan fingerprint density at radius 1 is 1.25 bits per heavy atom. The van der Waals surface area contributed by atoms with Gasteiger partial charge in [0.05, 0.1) is 10.2 Å². The quantitative estimate of drug-likeness (QED) is 0.756. The molecule has 1 aromatic heterocycles. The second-order valence-electron chi connectivity index (χ2n) is 4.88. The third-order valence-electron chi connectivity index (χ3n) is 2.20. The predicted octanol–water partition coefficient (Wildman–Crippen LogP) is 2.44. The Hall–Kier alpha value is -1.29. The summed E-state index contributed by atoms with van der Waals surface area (Å²) in [4.78, 5) is 0.996. The molecule has 1 N–H and O–H groups in total. The number of nitrogens with one attached hydrogen (secondary N) is 1. The van der Waals surface area contributed by atoms with Crippen molar-refractivity contribution in [3.63, 3.8) is 0 Å². The van der Waals surface area contributed by atoms with Crippen LogP contribution >= 0.6 is 11.3 Å². The molecule has 0 spiro atoms. The van der Waals surface area contributed by atoms with E-state index in [1.165, 1.54) is 10.2 Å². The molecule has 16 heavy (non-hydrogen) atoms. The summed E-state index contributed by atoms with van der Waals surface area (Å²) in [6.07, 6.45) is 0. The molecule has 0 fully saturated rings. The van der Waals surface area contributed by atoms with Crippen molar-refractivity contribution in [1.29, 1.82) is 0 Å². The van der Waals surface area contributed by atoms with Gasteiger partial charge in [0.1, 0.15) is 0 Å². The molecule has 0 aliphatic rings. The first-order valence-corrected chi connectivity index (χ1v) is 6.14. The highest BCUT2D eigenvalue weighted by atomic mass is 32.1. The first-order chi connectivity index (χ1) is 7.47. The van der Waals surface area contributed by atoms with Crippen molar-refractivity contribution < 1.29 is 0 Å². The van der Waals surface area contributed by atoms with Crippen LogP contribution in [-0.2, 0) is 7.05 Å². The van der Waals surface area contributed by atoms with Gasteiger partial charge in [-0.3, -0.25) is 0 Å². The Bertz CT molecular complexity index is 557. The number of hydrogen-bond donors (Lipinski definition) is 1. The van der Waals surface area contributed by atoms with Crippen LogP contribution in [0, 0.1) is 0 Å². The lowest BCUT2D eigenvalue weighted by atomic mass is 10.1. The van der Waals surface area contributed by atoms with E-state index in [0.717, 1.165) is 4.80 Å². The second-order valence-corrected chi connectivity index (χ2v) is 5.89. The van der Waals surface area contributed by atoms with Crippen molar-refractivity contribution in [3.05, 3.63) is 29.1 Å². The number of thiazole rings is 1. The Kier molecular flexibility index (Phi) is 2.76. The van der Waals surface area contributed by atoms with Crippen molar-refractivity contribution in [3.8, 4) is 0 Å². The molecule has 0 aliphatic heterocycles. The molecular formula is C12H17N3S. The Morgan fingerprint density at radius 2 is 1.94 bits per heavy atom. The molecule has 1 aromatic carbocycles. The average Bonchev–Trinajstić information content (AvgIpc) is 2.53. The fraction of sp³-hybridized carbons (Fsp3) is 0.417. The standard InChI is InChI=1S/C12H17N3S/c1-12(2,3)14-13-11-15(4)9-7-5-6-8-10(9)16-11/h5-8,14H,1-4H3. The highest BCUT2D eigenvalue weighted by Crippen LogP contribution is 2.15. The van der Waals surface area contributed by atoms with Gasteiger partial charge in [0.25, 0.3) is 0 Å². The maximum absolute atomic E-state index is 4.45. The van der Waals surface area contributed by atoms with Gasteiger partial charge >= 0.3 is 0 Å². The number of rotatable bonds is 1. The van der Waals surface area contributed by atoms with Crippen LogP contribution in [0.2, 0.25) is 0 Å². The van der Waals surface area contributed by atoms with Gasteiger partial charge in [-0.1, -0.05) is 23.5 Å². The van der Waals surface area contributed by atoms with Crippen LogP contribution in [0.1, 0.15) is 20.8 Å². The molecule has 0 unspecified atom stereocenters. The third-order valence-corrected chi connectivity index (χ3v) is 3.31. The lowest BCUT2D eigenvalue weighted by Gasteiger charge is -2.16. The summed E-state index contributed by atoms with van der Waals surface area (Å²) < 4.78 is 3.37. The molecular weight excluding hydrogens is 218 g/mol. The highest BCUT2D eigenvalue weighted by Gasteiger charge is 2.07. The van der Waals surface area contributed by atoms with Crippen molar-refractivity contribution in [2.75, 3.05) is 0 Å². The molecule has 0 atom stereocenters. The van der Waals surface area contributed by atoms with Gasteiger partial charge in [-0.25, -0.2) is 0 Å². The van der Waals surface area contributed by atoms with Crippen LogP contribution in [0.5, 0.6) is 0 Å². The molecule has 0 radical (unpaired) electrons. The number of fused-ring (bicyclic) bond motifs is 1. The summed E-state index contributed by atoms with van der Waals surface area (Å²) in [5.41, 5.74) is 4.38. The number of para-hydroxylation sites is 1. The van der Waals surface area contributed by atoms with Crippen LogP contribution in [0.25, 0.3) is 10.2 Å². The van der Waals surface area contributed by atoms with E-state index in [1.807, 2.05) is 7.05 Å². The molecule has 2 aromatic rings. The maximum atomic E-state index is 4.45. The van der Waals surface area contributed by atoms with Crippen molar-refractivity contribution >= 4 is 21.6 Å². The molecule has 1 heterocycles. The van der Waals surface area contributed by atoms with Crippen LogP contribution in [0.15, 0.2) is 29.4 Å². The average molecular weight is 235 g/mol. The fourth-order valence-electron chi connectivity index (χ4n) is 1.40. The lowest BCUT2D eigenvalue weighted by Crippen LogP contribution is -2.33. The number of benzene rings is 1. The molecule has 0 saturated carbocycles. The second kappa shape index (κ2) is 3.94. The SMILES string of the molecule is Cn1c(=NNC(C)(C)C)sc2ccccc21. The third kappa shape index (κ3) is 2.27. The van der Waals surface area contributed by atoms with E-state index in [9.17, 15) is 0 Å². The summed E-state index contributed by atoms with van der Waals surface area (Å²) >= 11 is 1.70. The van der Waals surface area contributed by atoms with E-state index in [1.54, 1.807) is 11.3 Å². The lowest BCUT2D eigenvalue weighted by molar-refractivity contribution is 0.431. The van der Waals surface area contributed by atoms with Crippen LogP contribution in [0.4, 0.5) is 0 Å². The predicted molar refractivity (Wildman–Crippen MR) is 69.2 cm³/mol. The first-order valence-electron chi connectivity index (χ1n) is 5.33. The Labute approximate surface area is 99.4 Å². The van der Waals surface area contributed by atoms with E-state index in [4.69, 9.17) is 0 Å². The van der Waals surface area contributed by atoms with Gasteiger partial charge in [0.15, 0.2) is 0 Å². The number of aromatic nitrogens is 1. The van der Waals surface area contributed by atoms with Crippen molar-refractivity contribution in [2.24, 2.45) is 12.1 Å². The minimum absolute atomic E-state index is 0.00315. The summed E-state index contributed by atoms with van der Waals surface area (Å²) in [5.74, 6) is 0. The zero-order valence-electron chi connectivity index (χ0n) is 10.1. The van der Waals surface area contributed by atoms with Gasteiger partial charge in [-0.15, -0.1) is 5.10 Å². The van der Waals surface area contributed by atoms with E-state index >= 15 is 0 Å². The number of hydrogen-bond acceptors (Lipinski definition) is 3. The fourth-order valence-corrected chi connectivity index (χ4v) is 2.38. The molecule has 0 aliphatic carbocycles. The van der Waals surface area contributed by atoms with Gasteiger partial charge in [-0.05, 0) is 32.9 Å². The topological polar surface area (TPSA) is 29.3 Å². The summed E-state index contributed by atoms with van der Waals surface area (Å²) in [5, 5.41) is 4.45. The summed E-state index contributed by atoms with van der Waals surface area (Å²) in [6, 6.07) is 8.34. The molecule has 4 heteroatoms. The molecule has 0 saturated heterocycles. The first kappa shape index (κ1) is 11.2. The zero-order chi connectivity index (χ0) is 11.8. The monoisotopic (exact) mass is 235 g/mol. The van der Waals surface area contributed by atoms with Gasteiger partial charge < -0.3 is 9.99 Å². The zero-order valence-corrected chi connectivity index (χ0v) is 10.9. The molecule has 0 amide bonds. The van der Waals surface area contributed by atoms with Crippen molar-refractivity contribution in [1.82, 2.24) is 9.99 Å². The molecule has 0 bridgehead atoms. The Balaban J connectivity index is 2.50. The minimum atomic E-state index is 0.00315. The maximum Gasteiger partial charge on any atom is 0.208 e. The van der Waals surface area contributed by atoms with Crippen LogP contribution < -0.4 is 10.2 Å². The van der Waals surface area contributed by atoms with Gasteiger partial charge in [0, 0.05) is 12.6 Å². The van der Waals surface area contributed by atoms with Crippen molar-refractivity contribution in [2.45, 2.75) is 26.3 Å². The number of nitrogens with zero attached hydrogens (tertiary/aromatic N) is 2.